The van der Waals surface area contributed by atoms with Crippen LogP contribution in [0.15, 0.2) is 11.1 Å². The molecular formula is C13H18N2O2S. The van der Waals surface area contributed by atoms with Crippen LogP contribution in [0.4, 0.5) is 0 Å². The molecular weight excluding hydrogens is 248 g/mol. The van der Waals surface area contributed by atoms with Gasteiger partial charge in [0.05, 0.1) is 22.5 Å². The van der Waals surface area contributed by atoms with Gasteiger partial charge in [0.1, 0.15) is 0 Å². The van der Waals surface area contributed by atoms with Crippen molar-refractivity contribution in [1.29, 1.82) is 0 Å². The van der Waals surface area contributed by atoms with E-state index in [0.29, 0.717) is 12.0 Å². The Bertz CT molecular complexity index is 448. The molecule has 1 aromatic heterocycles. The Labute approximate surface area is 111 Å². The average molecular weight is 266 g/mol. The number of carboxylic acids is 1. The first-order valence-electron chi connectivity index (χ1n) is 6.68. The Morgan fingerprint density at radius 3 is 2.72 bits per heavy atom. The van der Waals surface area contributed by atoms with Gasteiger partial charge in [-0.2, -0.15) is 5.10 Å². The molecule has 0 saturated heterocycles. The number of hydrogen-bond donors (Lipinski definition) is 1. The minimum absolute atomic E-state index is 0.127. The smallest absolute Gasteiger partial charge is 0.313 e. The van der Waals surface area contributed by atoms with Crippen LogP contribution in [-0.2, 0) is 4.79 Å². The lowest BCUT2D eigenvalue weighted by atomic mass is 10.3. The fraction of sp³-hybridized carbons (Fsp3) is 0.692. The monoisotopic (exact) mass is 266 g/mol. The summed E-state index contributed by atoms with van der Waals surface area (Å²) < 4.78 is 2.11. The van der Waals surface area contributed by atoms with Crippen LogP contribution in [0.25, 0.3) is 0 Å². The minimum atomic E-state index is -0.757. The molecule has 0 radical (unpaired) electrons. The summed E-state index contributed by atoms with van der Waals surface area (Å²) in [4.78, 5) is 10.7. The third-order valence-corrected chi connectivity index (χ3v) is 4.72. The Hall–Kier alpha value is -0.970. The molecule has 0 aliphatic heterocycles. The highest BCUT2D eigenvalue weighted by molar-refractivity contribution is 7.99. The van der Waals surface area contributed by atoms with Gasteiger partial charge in [-0.25, -0.2) is 0 Å². The second-order valence-corrected chi connectivity index (χ2v) is 6.24. The lowest BCUT2D eigenvalue weighted by molar-refractivity contribution is -0.133. The van der Waals surface area contributed by atoms with Gasteiger partial charge in [0.25, 0.3) is 0 Å². The molecule has 0 unspecified atom stereocenters. The van der Waals surface area contributed by atoms with Crippen LogP contribution < -0.4 is 0 Å². The SMILES string of the molecule is O=C(O)CSc1cc(C2CC2)nn1C1CCCC1. The van der Waals surface area contributed by atoms with Gasteiger partial charge >= 0.3 is 5.97 Å². The van der Waals surface area contributed by atoms with Gasteiger partial charge in [-0.15, -0.1) is 0 Å². The molecule has 0 atom stereocenters. The summed E-state index contributed by atoms with van der Waals surface area (Å²) in [7, 11) is 0. The van der Waals surface area contributed by atoms with E-state index < -0.39 is 5.97 Å². The second-order valence-electron chi connectivity index (χ2n) is 5.25. The molecule has 1 heterocycles. The molecule has 3 rings (SSSR count). The van der Waals surface area contributed by atoms with Gasteiger partial charge in [-0.1, -0.05) is 24.6 Å². The number of thioether (sulfide) groups is 1. The minimum Gasteiger partial charge on any atom is -0.481 e. The first-order chi connectivity index (χ1) is 8.74. The zero-order valence-corrected chi connectivity index (χ0v) is 11.2. The standard InChI is InChI=1S/C13H18N2O2S/c16-13(17)8-18-12-7-11(9-5-6-9)14-15(12)10-3-1-2-4-10/h7,9-10H,1-6,8H2,(H,16,17). The Morgan fingerprint density at radius 2 is 2.11 bits per heavy atom. The van der Waals surface area contributed by atoms with Crippen LogP contribution in [0.3, 0.4) is 0 Å². The summed E-state index contributed by atoms with van der Waals surface area (Å²) in [5.41, 5.74) is 1.18. The predicted molar refractivity (Wildman–Crippen MR) is 70.1 cm³/mol. The maximum Gasteiger partial charge on any atom is 0.313 e. The number of rotatable bonds is 5. The lowest BCUT2D eigenvalue weighted by Crippen LogP contribution is -2.09. The molecule has 98 valence electrons. The van der Waals surface area contributed by atoms with E-state index in [1.54, 1.807) is 0 Å². The molecule has 0 bridgehead atoms. The van der Waals surface area contributed by atoms with Crippen molar-refractivity contribution < 1.29 is 9.90 Å². The molecule has 0 aromatic carbocycles. The van der Waals surface area contributed by atoms with Crippen molar-refractivity contribution in [2.75, 3.05) is 5.75 Å². The van der Waals surface area contributed by atoms with Gasteiger partial charge in [0.2, 0.25) is 0 Å². The summed E-state index contributed by atoms with van der Waals surface area (Å²) >= 11 is 1.41. The van der Waals surface area contributed by atoms with Gasteiger partial charge < -0.3 is 5.11 Å². The molecule has 0 spiro atoms. The quantitative estimate of drug-likeness (QED) is 0.832. The molecule has 18 heavy (non-hydrogen) atoms. The van der Waals surface area contributed by atoms with E-state index in [9.17, 15) is 4.79 Å². The third-order valence-electron chi connectivity index (χ3n) is 3.73. The highest BCUT2D eigenvalue weighted by Gasteiger charge is 2.29. The highest BCUT2D eigenvalue weighted by Crippen LogP contribution is 2.42. The number of aliphatic carboxylic acids is 1. The van der Waals surface area contributed by atoms with E-state index in [1.807, 2.05) is 0 Å². The summed E-state index contributed by atoms with van der Waals surface area (Å²) in [5.74, 6) is 0.00618. The number of carboxylic acid groups (broad SMARTS) is 1. The van der Waals surface area contributed by atoms with E-state index in [0.717, 1.165) is 5.03 Å². The number of nitrogens with zero attached hydrogens (tertiary/aromatic N) is 2. The third kappa shape index (κ3) is 2.55. The van der Waals surface area contributed by atoms with E-state index in [1.165, 1.54) is 56.0 Å². The zero-order chi connectivity index (χ0) is 12.5. The van der Waals surface area contributed by atoms with Gasteiger partial charge in [-0.3, -0.25) is 9.48 Å². The van der Waals surface area contributed by atoms with Crippen molar-refractivity contribution in [3.05, 3.63) is 11.8 Å². The normalized spacial score (nSPS) is 20.4. The molecule has 1 N–H and O–H groups in total. The first kappa shape index (κ1) is 12.1. The van der Waals surface area contributed by atoms with Gasteiger partial charge in [0.15, 0.2) is 0 Å². The maximum absolute atomic E-state index is 10.7. The van der Waals surface area contributed by atoms with E-state index in [4.69, 9.17) is 10.2 Å². The van der Waals surface area contributed by atoms with Gasteiger partial charge in [-0.05, 0) is 31.7 Å². The van der Waals surface area contributed by atoms with Crippen molar-refractivity contribution in [3.8, 4) is 0 Å². The molecule has 0 amide bonds. The Morgan fingerprint density at radius 1 is 1.39 bits per heavy atom. The highest BCUT2D eigenvalue weighted by atomic mass is 32.2. The topological polar surface area (TPSA) is 55.1 Å². The van der Waals surface area contributed by atoms with Crippen molar-refractivity contribution >= 4 is 17.7 Å². The van der Waals surface area contributed by atoms with E-state index in [-0.39, 0.29) is 5.75 Å². The van der Waals surface area contributed by atoms with E-state index >= 15 is 0 Å². The van der Waals surface area contributed by atoms with Crippen molar-refractivity contribution in [2.45, 2.75) is 55.5 Å². The van der Waals surface area contributed by atoms with E-state index in [2.05, 4.69) is 10.7 Å². The first-order valence-corrected chi connectivity index (χ1v) is 7.66. The lowest BCUT2D eigenvalue weighted by Gasteiger charge is -2.13. The molecule has 1 aromatic rings. The van der Waals surface area contributed by atoms with Crippen LogP contribution >= 0.6 is 11.8 Å². The average Bonchev–Trinajstić information content (AvgIpc) is 2.91. The number of carbonyl (C=O) groups is 1. The van der Waals surface area contributed by atoms with Crippen LogP contribution in [0.5, 0.6) is 0 Å². The second kappa shape index (κ2) is 4.96. The summed E-state index contributed by atoms with van der Waals surface area (Å²) in [6, 6.07) is 2.61. The number of aromatic nitrogens is 2. The maximum atomic E-state index is 10.7. The molecule has 5 heteroatoms. The van der Waals surface area contributed by atoms with Crippen molar-refractivity contribution in [1.82, 2.24) is 9.78 Å². The molecule has 4 nitrogen and oxygen atoms in total. The molecule has 2 fully saturated rings. The molecule has 2 aliphatic carbocycles. The van der Waals surface area contributed by atoms with Crippen LogP contribution in [0.2, 0.25) is 0 Å². The fourth-order valence-corrected chi connectivity index (χ4v) is 3.43. The summed E-state index contributed by atoms with van der Waals surface area (Å²) in [5, 5.41) is 14.6. The van der Waals surface area contributed by atoms with Crippen LogP contribution in [0.1, 0.15) is 56.2 Å². The van der Waals surface area contributed by atoms with Gasteiger partial charge in [0, 0.05) is 5.92 Å². The predicted octanol–water partition coefficient (Wildman–Crippen LogP) is 3.05. The van der Waals surface area contributed by atoms with Crippen molar-refractivity contribution in [2.24, 2.45) is 0 Å². The Balaban J connectivity index is 1.81. The summed E-state index contributed by atoms with van der Waals surface area (Å²) in [6.45, 7) is 0. The zero-order valence-electron chi connectivity index (χ0n) is 10.3. The van der Waals surface area contributed by atoms with Crippen LogP contribution in [0, 0.1) is 0 Å². The van der Waals surface area contributed by atoms with Crippen LogP contribution in [-0.4, -0.2) is 26.6 Å². The largest absolute Gasteiger partial charge is 0.481 e. The molecule has 2 aliphatic rings. The van der Waals surface area contributed by atoms with Crippen molar-refractivity contribution in [3.63, 3.8) is 0 Å². The molecule has 2 saturated carbocycles. The summed E-state index contributed by atoms with van der Waals surface area (Å²) in [6.07, 6.45) is 7.40. The fourth-order valence-electron chi connectivity index (χ4n) is 2.63. The Kier molecular flexibility index (Phi) is 3.33. The number of hydrogen-bond acceptors (Lipinski definition) is 3.